The first-order chi connectivity index (χ1) is 11.5. The topological polar surface area (TPSA) is 56.3 Å². The number of halogens is 3. The third-order valence-corrected chi connectivity index (χ3v) is 4.30. The summed E-state index contributed by atoms with van der Waals surface area (Å²) >= 11 is 0. The molecule has 132 valence electrons. The number of nitrogens with zero attached hydrogens (tertiary/aromatic N) is 3. The summed E-state index contributed by atoms with van der Waals surface area (Å²) < 4.78 is 45.8. The van der Waals surface area contributed by atoms with Gasteiger partial charge < -0.3 is 15.0 Å². The number of morpholine rings is 1. The van der Waals surface area contributed by atoms with Crippen LogP contribution in [0.2, 0.25) is 0 Å². The molecule has 2 heterocycles. The van der Waals surface area contributed by atoms with E-state index in [0.29, 0.717) is 23.4 Å². The Hall–Kier alpha value is -1.64. The van der Waals surface area contributed by atoms with E-state index < -0.39 is 11.7 Å². The zero-order valence-corrected chi connectivity index (χ0v) is 13.4. The van der Waals surface area contributed by atoms with Gasteiger partial charge in [-0.2, -0.15) is 13.2 Å². The fourth-order valence-electron chi connectivity index (χ4n) is 3.04. The predicted molar refractivity (Wildman–Crippen MR) is 84.5 cm³/mol. The number of ether oxygens (including phenoxy) is 1. The maximum Gasteiger partial charge on any atom is 0.416 e. The number of aromatic nitrogens is 2. The molecule has 1 aliphatic heterocycles. The van der Waals surface area contributed by atoms with Crippen LogP contribution < -0.4 is 5.73 Å². The van der Waals surface area contributed by atoms with Gasteiger partial charge in [-0.25, -0.2) is 4.98 Å². The number of hydrogen-bond donors (Lipinski definition) is 1. The number of rotatable bonds is 5. The van der Waals surface area contributed by atoms with Gasteiger partial charge in [-0.3, -0.25) is 4.90 Å². The Bertz CT molecular complexity index is 692. The zero-order chi connectivity index (χ0) is 17.2. The number of fused-ring (bicyclic) bond motifs is 1. The zero-order valence-electron chi connectivity index (χ0n) is 13.4. The molecule has 5 nitrogen and oxygen atoms in total. The molecule has 0 aliphatic carbocycles. The van der Waals surface area contributed by atoms with E-state index in [2.05, 4.69) is 9.88 Å². The molecule has 1 aliphatic rings. The Morgan fingerprint density at radius 3 is 2.58 bits per heavy atom. The average molecular weight is 342 g/mol. The number of imidazole rings is 1. The van der Waals surface area contributed by atoms with Crippen molar-refractivity contribution in [3.05, 3.63) is 29.6 Å². The van der Waals surface area contributed by atoms with Gasteiger partial charge in [-0.15, -0.1) is 0 Å². The Labute approximate surface area is 138 Å². The molecule has 0 atom stereocenters. The van der Waals surface area contributed by atoms with E-state index in [0.717, 1.165) is 51.4 Å². The molecular weight excluding hydrogens is 321 g/mol. The first-order valence-electron chi connectivity index (χ1n) is 8.05. The number of aryl methyl sites for hydroxylation is 1. The summed E-state index contributed by atoms with van der Waals surface area (Å²) in [6.45, 7) is 5.16. The third kappa shape index (κ3) is 3.71. The van der Waals surface area contributed by atoms with Crippen LogP contribution in [0.25, 0.3) is 11.0 Å². The summed E-state index contributed by atoms with van der Waals surface area (Å²) in [6, 6.07) is 3.68. The van der Waals surface area contributed by atoms with E-state index in [-0.39, 0.29) is 6.54 Å². The highest BCUT2D eigenvalue weighted by molar-refractivity contribution is 5.77. The van der Waals surface area contributed by atoms with Crippen molar-refractivity contribution in [3.8, 4) is 0 Å². The smallest absolute Gasteiger partial charge is 0.379 e. The Morgan fingerprint density at radius 2 is 1.92 bits per heavy atom. The van der Waals surface area contributed by atoms with E-state index >= 15 is 0 Å². The predicted octanol–water partition coefficient (Wildman–Crippen LogP) is 2.24. The average Bonchev–Trinajstić information content (AvgIpc) is 2.92. The van der Waals surface area contributed by atoms with Crippen LogP contribution in [0.15, 0.2) is 18.2 Å². The number of nitrogens with two attached hydrogens (primary N) is 1. The lowest BCUT2D eigenvalue weighted by Crippen LogP contribution is -2.37. The van der Waals surface area contributed by atoms with Gasteiger partial charge in [0.2, 0.25) is 0 Å². The van der Waals surface area contributed by atoms with E-state index in [1.54, 1.807) is 0 Å². The lowest BCUT2D eigenvalue weighted by atomic mass is 10.2. The highest BCUT2D eigenvalue weighted by atomic mass is 19.4. The Balaban J connectivity index is 1.76. The highest BCUT2D eigenvalue weighted by Crippen LogP contribution is 2.31. The van der Waals surface area contributed by atoms with Gasteiger partial charge in [0.1, 0.15) is 5.82 Å². The fraction of sp³-hybridized carbons (Fsp3) is 0.562. The molecule has 1 aromatic heterocycles. The summed E-state index contributed by atoms with van der Waals surface area (Å²) in [4.78, 5) is 6.60. The first-order valence-corrected chi connectivity index (χ1v) is 8.05. The van der Waals surface area contributed by atoms with Gasteiger partial charge >= 0.3 is 6.18 Å². The maximum atomic E-state index is 12.8. The van der Waals surface area contributed by atoms with E-state index in [9.17, 15) is 13.2 Å². The second kappa shape index (κ2) is 7.08. The molecule has 24 heavy (non-hydrogen) atoms. The van der Waals surface area contributed by atoms with Crippen molar-refractivity contribution >= 4 is 11.0 Å². The molecule has 0 bridgehead atoms. The standard InChI is InChI=1S/C16H21F3N4O/c17-16(18,19)12-2-3-14-13(10-12)21-15(11-20)23(14)5-1-4-22-6-8-24-9-7-22/h2-3,10H,1,4-9,11,20H2. The summed E-state index contributed by atoms with van der Waals surface area (Å²) in [7, 11) is 0. The molecule has 0 amide bonds. The molecule has 1 aromatic carbocycles. The fourth-order valence-corrected chi connectivity index (χ4v) is 3.04. The second-order valence-electron chi connectivity index (χ2n) is 5.89. The van der Waals surface area contributed by atoms with Crippen LogP contribution in [0, 0.1) is 0 Å². The van der Waals surface area contributed by atoms with Crippen LogP contribution in [0.5, 0.6) is 0 Å². The number of benzene rings is 1. The van der Waals surface area contributed by atoms with Gasteiger partial charge in [-0.05, 0) is 24.6 Å². The molecule has 2 N–H and O–H groups in total. The molecule has 0 radical (unpaired) electrons. The van der Waals surface area contributed by atoms with Crippen molar-refractivity contribution in [1.82, 2.24) is 14.5 Å². The molecule has 8 heteroatoms. The molecule has 2 aromatic rings. The van der Waals surface area contributed by atoms with Crippen LogP contribution >= 0.6 is 0 Å². The quantitative estimate of drug-likeness (QED) is 0.905. The molecular formula is C16H21F3N4O. The summed E-state index contributed by atoms with van der Waals surface area (Å²) in [5, 5.41) is 0. The molecule has 1 fully saturated rings. The second-order valence-corrected chi connectivity index (χ2v) is 5.89. The lowest BCUT2D eigenvalue weighted by molar-refractivity contribution is -0.137. The normalized spacial score (nSPS) is 16.8. The Morgan fingerprint density at radius 1 is 1.17 bits per heavy atom. The van der Waals surface area contributed by atoms with E-state index in [1.807, 2.05) is 4.57 Å². The van der Waals surface area contributed by atoms with Gasteiger partial charge in [0.05, 0.1) is 36.4 Å². The van der Waals surface area contributed by atoms with Crippen molar-refractivity contribution in [1.29, 1.82) is 0 Å². The Kier molecular flexibility index (Phi) is 5.07. The summed E-state index contributed by atoms with van der Waals surface area (Å²) in [6.07, 6.45) is -3.48. The largest absolute Gasteiger partial charge is 0.416 e. The van der Waals surface area contributed by atoms with Crippen molar-refractivity contribution in [2.24, 2.45) is 5.73 Å². The molecule has 0 saturated carbocycles. The highest BCUT2D eigenvalue weighted by Gasteiger charge is 2.31. The minimum atomic E-state index is -4.36. The van der Waals surface area contributed by atoms with Crippen LogP contribution in [0.4, 0.5) is 13.2 Å². The number of hydrogen-bond acceptors (Lipinski definition) is 4. The monoisotopic (exact) mass is 342 g/mol. The SMILES string of the molecule is NCc1nc2cc(C(F)(F)F)ccc2n1CCCN1CCOCC1. The summed E-state index contributed by atoms with van der Waals surface area (Å²) in [5.74, 6) is 0.617. The van der Waals surface area contributed by atoms with Gasteiger partial charge in [0.15, 0.2) is 0 Å². The molecule has 1 saturated heterocycles. The summed E-state index contributed by atoms with van der Waals surface area (Å²) in [5.41, 5.74) is 6.08. The van der Waals surface area contributed by atoms with Crippen molar-refractivity contribution in [3.63, 3.8) is 0 Å². The van der Waals surface area contributed by atoms with E-state index in [4.69, 9.17) is 10.5 Å². The first kappa shape index (κ1) is 17.2. The third-order valence-electron chi connectivity index (χ3n) is 4.30. The molecule has 0 spiro atoms. The van der Waals surface area contributed by atoms with Crippen LogP contribution in [-0.4, -0.2) is 47.3 Å². The minimum absolute atomic E-state index is 0.202. The van der Waals surface area contributed by atoms with Crippen LogP contribution in [-0.2, 0) is 24.0 Å². The van der Waals surface area contributed by atoms with E-state index in [1.165, 1.54) is 6.07 Å². The van der Waals surface area contributed by atoms with Gasteiger partial charge in [-0.1, -0.05) is 0 Å². The van der Waals surface area contributed by atoms with Crippen LogP contribution in [0.1, 0.15) is 17.8 Å². The minimum Gasteiger partial charge on any atom is -0.379 e. The molecule has 3 rings (SSSR count). The lowest BCUT2D eigenvalue weighted by Gasteiger charge is -2.26. The number of alkyl halides is 3. The van der Waals surface area contributed by atoms with Crippen molar-refractivity contribution in [2.75, 3.05) is 32.8 Å². The van der Waals surface area contributed by atoms with Crippen molar-refractivity contribution < 1.29 is 17.9 Å². The van der Waals surface area contributed by atoms with Crippen molar-refractivity contribution in [2.45, 2.75) is 25.7 Å². The van der Waals surface area contributed by atoms with Gasteiger partial charge in [0.25, 0.3) is 0 Å². The van der Waals surface area contributed by atoms with Gasteiger partial charge in [0, 0.05) is 26.2 Å². The maximum absolute atomic E-state index is 12.8. The molecule has 0 unspecified atom stereocenters. The van der Waals surface area contributed by atoms with Crippen LogP contribution in [0.3, 0.4) is 0 Å².